The molecule has 0 aliphatic carbocycles. The van der Waals surface area contributed by atoms with Gasteiger partial charge >= 0.3 is 0 Å². The predicted octanol–water partition coefficient (Wildman–Crippen LogP) is 4.28. The first kappa shape index (κ1) is 14.1. The molecule has 4 nitrogen and oxygen atoms in total. The molecule has 0 N–H and O–H groups in total. The van der Waals surface area contributed by atoms with Crippen LogP contribution in [0.4, 0.5) is 0 Å². The molecule has 0 atom stereocenters. The van der Waals surface area contributed by atoms with E-state index in [1.165, 1.54) is 0 Å². The van der Waals surface area contributed by atoms with Gasteiger partial charge in [0.15, 0.2) is 0 Å². The summed E-state index contributed by atoms with van der Waals surface area (Å²) in [6.45, 7) is 6.13. The van der Waals surface area contributed by atoms with Gasteiger partial charge in [-0.2, -0.15) is 0 Å². The Labute approximate surface area is 129 Å². The van der Waals surface area contributed by atoms with Crippen LogP contribution in [-0.2, 0) is 0 Å². The summed E-state index contributed by atoms with van der Waals surface area (Å²) in [7, 11) is 0. The maximum absolute atomic E-state index is 5.75. The summed E-state index contributed by atoms with van der Waals surface area (Å²) in [5, 5.41) is 8.23. The lowest BCUT2D eigenvalue weighted by Crippen LogP contribution is -1.92. The molecule has 2 aromatic carbocycles. The molecule has 0 spiro atoms. The zero-order chi connectivity index (χ0) is 15.4. The summed E-state index contributed by atoms with van der Waals surface area (Å²) < 4.78 is 11.2. The van der Waals surface area contributed by atoms with Crippen LogP contribution in [0.1, 0.15) is 5.56 Å². The maximum atomic E-state index is 5.75. The highest BCUT2D eigenvalue weighted by Crippen LogP contribution is 2.25. The Kier molecular flexibility index (Phi) is 4.01. The van der Waals surface area contributed by atoms with E-state index in [1.54, 1.807) is 6.08 Å². The van der Waals surface area contributed by atoms with Gasteiger partial charge in [0.25, 0.3) is 0 Å². The molecule has 0 unspecified atom stereocenters. The molecule has 0 saturated carbocycles. The van der Waals surface area contributed by atoms with Gasteiger partial charge in [-0.3, -0.25) is 0 Å². The number of ether oxygens (including phenoxy) is 1. The van der Waals surface area contributed by atoms with E-state index in [4.69, 9.17) is 9.15 Å². The molecule has 22 heavy (non-hydrogen) atoms. The third-order valence-corrected chi connectivity index (χ3v) is 3.16. The summed E-state index contributed by atoms with van der Waals surface area (Å²) >= 11 is 0. The van der Waals surface area contributed by atoms with Crippen molar-refractivity contribution in [1.29, 1.82) is 0 Å². The van der Waals surface area contributed by atoms with Gasteiger partial charge in [0.05, 0.1) is 0 Å². The van der Waals surface area contributed by atoms with Crippen LogP contribution in [0.5, 0.6) is 5.75 Å². The second kappa shape index (κ2) is 6.26. The molecule has 0 saturated heterocycles. The van der Waals surface area contributed by atoms with E-state index in [1.807, 2.05) is 55.5 Å². The molecular weight excluding hydrogens is 276 g/mol. The van der Waals surface area contributed by atoms with Crippen LogP contribution < -0.4 is 4.74 Å². The van der Waals surface area contributed by atoms with Gasteiger partial charge in [-0.05, 0) is 43.3 Å². The van der Waals surface area contributed by atoms with Crippen LogP contribution in [0, 0.1) is 6.92 Å². The standard InChI is InChI=1S/C18H16N2O2/c1-3-11-21-16-9-7-14(8-10-16)17-19-20-18(22-17)15-6-4-5-13(2)12-15/h3-10,12H,1,11H2,2H3. The third-order valence-electron chi connectivity index (χ3n) is 3.16. The van der Waals surface area contributed by atoms with Gasteiger partial charge in [-0.25, -0.2) is 0 Å². The Morgan fingerprint density at radius 1 is 1.05 bits per heavy atom. The van der Waals surface area contributed by atoms with Crippen LogP contribution in [0.25, 0.3) is 22.9 Å². The molecule has 0 bridgehead atoms. The number of hydrogen-bond donors (Lipinski definition) is 0. The first-order valence-electron chi connectivity index (χ1n) is 7.01. The van der Waals surface area contributed by atoms with Gasteiger partial charge in [0.2, 0.25) is 11.8 Å². The van der Waals surface area contributed by atoms with Crippen molar-refractivity contribution in [2.75, 3.05) is 6.61 Å². The summed E-state index contributed by atoms with van der Waals surface area (Å²) in [6, 6.07) is 15.5. The van der Waals surface area contributed by atoms with Crippen LogP contribution in [0.2, 0.25) is 0 Å². The first-order valence-corrected chi connectivity index (χ1v) is 7.01. The molecule has 3 aromatic rings. The number of benzene rings is 2. The molecule has 4 heteroatoms. The minimum Gasteiger partial charge on any atom is -0.490 e. The fraction of sp³-hybridized carbons (Fsp3) is 0.111. The van der Waals surface area contributed by atoms with Crippen molar-refractivity contribution in [3.05, 3.63) is 66.7 Å². The van der Waals surface area contributed by atoms with Crippen LogP contribution in [0.15, 0.2) is 65.6 Å². The highest BCUT2D eigenvalue weighted by molar-refractivity contribution is 5.59. The van der Waals surface area contributed by atoms with E-state index in [2.05, 4.69) is 16.8 Å². The van der Waals surface area contributed by atoms with E-state index in [-0.39, 0.29) is 0 Å². The molecule has 0 fully saturated rings. The first-order chi connectivity index (χ1) is 10.8. The molecule has 0 aliphatic rings. The molecule has 0 amide bonds. The van der Waals surface area contributed by atoms with Crippen molar-refractivity contribution < 1.29 is 9.15 Å². The smallest absolute Gasteiger partial charge is 0.248 e. The number of hydrogen-bond acceptors (Lipinski definition) is 4. The summed E-state index contributed by atoms with van der Waals surface area (Å²) in [5.74, 6) is 1.79. The van der Waals surface area contributed by atoms with Crippen molar-refractivity contribution in [3.63, 3.8) is 0 Å². The second-order valence-electron chi connectivity index (χ2n) is 4.91. The summed E-state index contributed by atoms with van der Waals surface area (Å²) in [6.07, 6.45) is 1.71. The van der Waals surface area contributed by atoms with E-state index in [0.29, 0.717) is 18.4 Å². The number of aromatic nitrogens is 2. The van der Waals surface area contributed by atoms with E-state index < -0.39 is 0 Å². The average molecular weight is 292 g/mol. The van der Waals surface area contributed by atoms with E-state index in [0.717, 1.165) is 22.4 Å². The Hall–Kier alpha value is -2.88. The van der Waals surface area contributed by atoms with Crippen molar-refractivity contribution in [1.82, 2.24) is 10.2 Å². The average Bonchev–Trinajstić information content (AvgIpc) is 3.03. The van der Waals surface area contributed by atoms with E-state index in [9.17, 15) is 0 Å². The minimum atomic E-state index is 0.484. The number of rotatable bonds is 5. The quantitative estimate of drug-likeness (QED) is 0.659. The van der Waals surface area contributed by atoms with Crippen LogP contribution in [0.3, 0.4) is 0 Å². The van der Waals surface area contributed by atoms with Gasteiger partial charge in [-0.15, -0.1) is 10.2 Å². The SMILES string of the molecule is C=CCOc1ccc(-c2nnc(-c3cccc(C)c3)o2)cc1. The van der Waals surface area contributed by atoms with Gasteiger partial charge < -0.3 is 9.15 Å². The van der Waals surface area contributed by atoms with Gasteiger partial charge in [0, 0.05) is 11.1 Å². The Balaban J connectivity index is 1.83. The van der Waals surface area contributed by atoms with Crippen molar-refractivity contribution in [2.24, 2.45) is 0 Å². The zero-order valence-electron chi connectivity index (χ0n) is 12.3. The number of nitrogens with zero attached hydrogens (tertiary/aromatic N) is 2. The fourth-order valence-electron chi connectivity index (χ4n) is 2.08. The topological polar surface area (TPSA) is 48.2 Å². The Morgan fingerprint density at radius 3 is 2.45 bits per heavy atom. The normalized spacial score (nSPS) is 10.4. The Bertz CT molecular complexity index is 776. The third kappa shape index (κ3) is 3.06. The maximum Gasteiger partial charge on any atom is 0.248 e. The molecule has 110 valence electrons. The predicted molar refractivity (Wildman–Crippen MR) is 85.6 cm³/mol. The molecule has 0 aliphatic heterocycles. The van der Waals surface area contributed by atoms with Crippen molar-refractivity contribution >= 4 is 0 Å². The van der Waals surface area contributed by atoms with Gasteiger partial charge in [0.1, 0.15) is 12.4 Å². The molecule has 0 radical (unpaired) electrons. The lowest BCUT2D eigenvalue weighted by Gasteiger charge is -2.02. The number of aryl methyl sites for hydroxylation is 1. The molecule has 3 rings (SSSR count). The zero-order valence-corrected chi connectivity index (χ0v) is 12.3. The minimum absolute atomic E-state index is 0.484. The van der Waals surface area contributed by atoms with Crippen molar-refractivity contribution in [2.45, 2.75) is 6.92 Å². The molecular formula is C18H16N2O2. The lowest BCUT2D eigenvalue weighted by atomic mass is 10.1. The monoisotopic (exact) mass is 292 g/mol. The van der Waals surface area contributed by atoms with Crippen LogP contribution >= 0.6 is 0 Å². The van der Waals surface area contributed by atoms with Crippen molar-refractivity contribution in [3.8, 4) is 28.7 Å². The Morgan fingerprint density at radius 2 is 1.77 bits per heavy atom. The lowest BCUT2D eigenvalue weighted by molar-refractivity contribution is 0.363. The highest BCUT2D eigenvalue weighted by atomic mass is 16.5. The van der Waals surface area contributed by atoms with Crippen LogP contribution in [-0.4, -0.2) is 16.8 Å². The summed E-state index contributed by atoms with van der Waals surface area (Å²) in [5.41, 5.74) is 2.93. The van der Waals surface area contributed by atoms with E-state index >= 15 is 0 Å². The van der Waals surface area contributed by atoms with Gasteiger partial charge in [-0.1, -0.05) is 30.4 Å². The molecule has 1 aromatic heterocycles. The molecule has 1 heterocycles. The highest BCUT2D eigenvalue weighted by Gasteiger charge is 2.10. The second-order valence-corrected chi connectivity index (χ2v) is 4.91. The summed E-state index contributed by atoms with van der Waals surface area (Å²) in [4.78, 5) is 0. The largest absolute Gasteiger partial charge is 0.490 e. The fourth-order valence-corrected chi connectivity index (χ4v) is 2.08.